The van der Waals surface area contributed by atoms with E-state index in [1.54, 1.807) is 17.0 Å². The Labute approximate surface area is 244 Å². The molecule has 5 rings (SSSR count). The van der Waals surface area contributed by atoms with E-state index in [0.717, 1.165) is 5.56 Å². The quantitative estimate of drug-likeness (QED) is 0.243. The van der Waals surface area contributed by atoms with E-state index < -0.39 is 48.5 Å². The highest BCUT2D eigenvalue weighted by atomic mass is 19.1. The molecule has 4 atom stereocenters. The number of halogens is 1. The van der Waals surface area contributed by atoms with Gasteiger partial charge in [-0.3, -0.25) is 9.59 Å². The van der Waals surface area contributed by atoms with Crippen LogP contribution in [0.4, 0.5) is 4.39 Å². The molecule has 2 fully saturated rings. The van der Waals surface area contributed by atoms with Gasteiger partial charge in [-0.25, -0.2) is 9.18 Å². The lowest BCUT2D eigenvalue weighted by atomic mass is 9.78. The number of carbonyl (C=O) groups excluding carboxylic acids is 3. The number of nitrogens with two attached hydrogens (primary N) is 2. The molecule has 1 aliphatic carbocycles. The minimum absolute atomic E-state index is 0.0000605. The second-order valence-corrected chi connectivity index (χ2v) is 11.3. The van der Waals surface area contributed by atoms with Gasteiger partial charge in [0.1, 0.15) is 18.3 Å². The van der Waals surface area contributed by atoms with Crippen LogP contribution in [0.5, 0.6) is 0 Å². The molecule has 2 heterocycles. The summed E-state index contributed by atoms with van der Waals surface area (Å²) in [4.78, 5) is 42.5. The van der Waals surface area contributed by atoms with Gasteiger partial charge in [-0.1, -0.05) is 48.5 Å². The zero-order valence-electron chi connectivity index (χ0n) is 23.5. The van der Waals surface area contributed by atoms with Crippen LogP contribution in [0, 0.1) is 11.8 Å². The maximum atomic E-state index is 14.4. The number of para-hydroxylation sites is 1. The Morgan fingerprint density at radius 3 is 2.40 bits per heavy atom. The zero-order chi connectivity index (χ0) is 29.8. The van der Waals surface area contributed by atoms with Crippen LogP contribution in [-0.2, 0) is 14.3 Å². The fourth-order valence-electron chi connectivity index (χ4n) is 6.75. The number of hydrogen-bond acceptors (Lipinski definition) is 7. The third-order valence-electron chi connectivity index (χ3n) is 8.86. The summed E-state index contributed by atoms with van der Waals surface area (Å²) in [6.45, 7) is -0.743. The molecule has 1 saturated heterocycles. The number of aliphatic hydroxyl groups excluding tert-OH is 1. The third-order valence-corrected chi connectivity index (χ3v) is 8.86. The van der Waals surface area contributed by atoms with Gasteiger partial charge in [-0.15, -0.1) is 0 Å². The Bertz CT molecular complexity index is 1400. The number of alkyl halides is 1. The number of nitrogens with zero attached hydrogens (tertiary/aromatic N) is 1. The van der Waals surface area contributed by atoms with E-state index in [4.69, 9.17) is 25.7 Å². The molecule has 3 aromatic rings. The van der Waals surface area contributed by atoms with E-state index in [1.165, 1.54) is 0 Å². The number of aliphatic hydroxyl groups is 1. The summed E-state index contributed by atoms with van der Waals surface area (Å²) in [6, 6.07) is 14.4. The second-order valence-electron chi connectivity index (χ2n) is 11.3. The second kappa shape index (κ2) is 13.0. The number of rotatable bonds is 10. The van der Waals surface area contributed by atoms with E-state index in [-0.39, 0.29) is 37.2 Å². The summed E-state index contributed by atoms with van der Waals surface area (Å²) in [5, 5.41) is 9.80. The first-order chi connectivity index (χ1) is 20.3. The summed E-state index contributed by atoms with van der Waals surface area (Å²) >= 11 is 0. The predicted octanol–water partition coefficient (Wildman–Crippen LogP) is 3.99. The van der Waals surface area contributed by atoms with Crippen molar-refractivity contribution < 1.29 is 33.0 Å². The maximum absolute atomic E-state index is 14.4. The molecule has 1 saturated carbocycles. The summed E-state index contributed by atoms with van der Waals surface area (Å²) < 4.78 is 24.7. The van der Waals surface area contributed by atoms with Crippen molar-refractivity contribution in [1.82, 2.24) is 4.90 Å². The molecule has 2 aromatic carbocycles. The number of furan rings is 1. The summed E-state index contributed by atoms with van der Waals surface area (Å²) in [5.74, 6) is -2.42. The van der Waals surface area contributed by atoms with Gasteiger partial charge in [-0.2, -0.15) is 0 Å². The molecule has 0 spiro atoms. The molecule has 1 aromatic heterocycles. The molecule has 0 bridgehead atoms. The summed E-state index contributed by atoms with van der Waals surface area (Å²) in [5.41, 5.74) is 13.8. The molecular weight excluding hydrogens is 541 g/mol. The Morgan fingerprint density at radius 2 is 1.74 bits per heavy atom. The lowest BCUT2D eigenvalue weighted by Crippen LogP contribution is -2.49. The SMILES string of the molecule is NC(=O)[C@@H]1[C@@H](c2ccccc2)CC(c2c(C(=O)OCCCO)oc3ccccc23)N1C(=O)C1CCC([C@H](N)CF)CC1. The van der Waals surface area contributed by atoms with E-state index in [9.17, 15) is 18.8 Å². The van der Waals surface area contributed by atoms with Gasteiger partial charge in [-0.05, 0) is 49.7 Å². The van der Waals surface area contributed by atoms with Crippen LogP contribution in [0.2, 0.25) is 0 Å². The monoisotopic (exact) mass is 579 g/mol. The van der Waals surface area contributed by atoms with E-state index in [2.05, 4.69) is 0 Å². The molecule has 2 aliphatic rings. The van der Waals surface area contributed by atoms with Crippen LogP contribution in [0.3, 0.4) is 0 Å². The Balaban J connectivity index is 1.58. The highest BCUT2D eigenvalue weighted by molar-refractivity contribution is 5.98. The maximum Gasteiger partial charge on any atom is 0.374 e. The summed E-state index contributed by atoms with van der Waals surface area (Å²) in [7, 11) is 0. The van der Waals surface area contributed by atoms with Gasteiger partial charge in [0.05, 0.1) is 12.6 Å². The van der Waals surface area contributed by atoms with Gasteiger partial charge in [0.15, 0.2) is 0 Å². The van der Waals surface area contributed by atoms with Gasteiger partial charge >= 0.3 is 5.97 Å². The highest BCUT2D eigenvalue weighted by Crippen LogP contribution is 2.50. The van der Waals surface area contributed by atoms with E-state index in [0.29, 0.717) is 48.6 Å². The molecule has 0 radical (unpaired) electrons. The van der Waals surface area contributed by atoms with Crippen molar-refractivity contribution in [3.63, 3.8) is 0 Å². The molecule has 1 unspecified atom stereocenters. The van der Waals surface area contributed by atoms with E-state index in [1.807, 2.05) is 42.5 Å². The number of fused-ring (bicyclic) bond motifs is 1. The first-order valence-electron chi connectivity index (χ1n) is 14.6. The topological polar surface area (TPSA) is 149 Å². The van der Waals surface area contributed by atoms with Crippen LogP contribution in [0.15, 0.2) is 59.0 Å². The normalized spacial score (nSPS) is 24.9. The van der Waals surface area contributed by atoms with Crippen LogP contribution in [0.25, 0.3) is 11.0 Å². The van der Waals surface area contributed by atoms with Crippen molar-refractivity contribution in [2.75, 3.05) is 19.9 Å². The van der Waals surface area contributed by atoms with Crippen LogP contribution < -0.4 is 11.5 Å². The first-order valence-corrected chi connectivity index (χ1v) is 14.6. The van der Waals surface area contributed by atoms with Crippen molar-refractivity contribution in [2.45, 2.75) is 62.6 Å². The average Bonchev–Trinajstić information content (AvgIpc) is 3.60. The first kappa shape index (κ1) is 29.7. The number of carbonyl (C=O) groups is 3. The van der Waals surface area contributed by atoms with E-state index >= 15 is 0 Å². The van der Waals surface area contributed by atoms with Gasteiger partial charge in [0, 0.05) is 41.9 Å². The molecule has 42 heavy (non-hydrogen) atoms. The number of hydrogen-bond donors (Lipinski definition) is 3. The predicted molar refractivity (Wildman–Crippen MR) is 154 cm³/mol. The number of likely N-dealkylation sites (tertiary alicyclic amines) is 1. The minimum Gasteiger partial charge on any atom is -0.460 e. The fraction of sp³-hybridized carbons (Fsp3) is 0.469. The van der Waals surface area contributed by atoms with Crippen molar-refractivity contribution in [1.29, 1.82) is 0 Å². The van der Waals surface area contributed by atoms with Crippen molar-refractivity contribution >= 4 is 28.8 Å². The van der Waals surface area contributed by atoms with Gasteiger partial charge in [0.25, 0.3) is 0 Å². The van der Waals surface area contributed by atoms with Crippen LogP contribution >= 0.6 is 0 Å². The molecule has 224 valence electrons. The lowest BCUT2D eigenvalue weighted by Gasteiger charge is -2.36. The largest absolute Gasteiger partial charge is 0.460 e. The summed E-state index contributed by atoms with van der Waals surface area (Å²) in [6.07, 6.45) is 2.87. The average molecular weight is 580 g/mol. The van der Waals surface area contributed by atoms with Crippen molar-refractivity contribution in [3.8, 4) is 0 Å². The zero-order valence-corrected chi connectivity index (χ0v) is 23.5. The van der Waals surface area contributed by atoms with Crippen LogP contribution in [0.1, 0.15) is 72.2 Å². The lowest BCUT2D eigenvalue weighted by molar-refractivity contribution is -0.144. The third kappa shape index (κ3) is 5.78. The van der Waals surface area contributed by atoms with Gasteiger partial charge in [0.2, 0.25) is 17.6 Å². The molecule has 1 aliphatic heterocycles. The number of benzene rings is 2. The van der Waals surface area contributed by atoms with Crippen molar-refractivity contribution in [3.05, 3.63) is 71.5 Å². The molecule has 10 heteroatoms. The molecule has 5 N–H and O–H groups in total. The Morgan fingerprint density at radius 1 is 1.05 bits per heavy atom. The fourth-order valence-corrected chi connectivity index (χ4v) is 6.75. The van der Waals surface area contributed by atoms with Crippen LogP contribution in [-0.4, -0.2) is 59.8 Å². The van der Waals surface area contributed by atoms with Gasteiger partial charge < -0.3 is 30.6 Å². The smallest absolute Gasteiger partial charge is 0.374 e. The molecule has 2 amide bonds. The Kier molecular flexibility index (Phi) is 9.23. The highest BCUT2D eigenvalue weighted by Gasteiger charge is 2.51. The number of amides is 2. The molecular formula is C32H38FN3O6. The minimum atomic E-state index is -0.956. The standard InChI is InChI=1S/C32H38FN3O6/c33-18-24(34)20-11-13-21(14-12-20)31(39)36-25(17-23(28(36)30(35)38)19-7-2-1-3-8-19)27-22-9-4-5-10-26(22)42-29(27)32(40)41-16-6-15-37/h1-5,7-10,20-21,23-25,28,37H,6,11-18,34H2,(H2,35,38)/t20?,21?,23-,24-,25?,28+/m1/s1. The van der Waals surface area contributed by atoms with Crippen molar-refractivity contribution in [2.24, 2.45) is 23.3 Å². The number of esters is 1. The number of primary amides is 1. The Hall–Kier alpha value is -3.76. The molecule has 9 nitrogen and oxygen atoms in total. The number of ether oxygens (including phenoxy) is 1.